The van der Waals surface area contributed by atoms with E-state index >= 15 is 0 Å². The zero-order chi connectivity index (χ0) is 21.4. The first-order chi connectivity index (χ1) is 13.7. The van der Waals surface area contributed by atoms with Crippen LogP contribution in [0.5, 0.6) is 5.75 Å². The van der Waals surface area contributed by atoms with Crippen molar-refractivity contribution >= 4 is 33.2 Å². The van der Waals surface area contributed by atoms with E-state index in [1.807, 2.05) is 31.2 Å². The minimum absolute atomic E-state index is 0.177. The molecular formula is C21H27ClN2O4S. The summed E-state index contributed by atoms with van der Waals surface area (Å²) in [5.74, 6) is 0.331. The maximum absolute atomic E-state index is 12.4. The first kappa shape index (κ1) is 23.0. The maximum Gasteiger partial charge on any atom is 0.261 e. The van der Waals surface area contributed by atoms with Crippen molar-refractivity contribution in [3.63, 3.8) is 0 Å². The normalized spacial score (nSPS) is 12.3. The molecule has 29 heavy (non-hydrogen) atoms. The van der Waals surface area contributed by atoms with E-state index in [-0.39, 0.29) is 5.91 Å². The first-order valence-corrected chi connectivity index (χ1v) is 11.7. The summed E-state index contributed by atoms with van der Waals surface area (Å²) in [5.41, 5.74) is 1.59. The van der Waals surface area contributed by atoms with Crippen LogP contribution in [0.1, 0.15) is 25.3 Å². The van der Waals surface area contributed by atoms with Gasteiger partial charge < -0.3 is 10.1 Å². The second kappa shape index (κ2) is 10.5. The zero-order valence-electron chi connectivity index (χ0n) is 16.9. The van der Waals surface area contributed by atoms with Gasteiger partial charge in [0, 0.05) is 18.6 Å². The Morgan fingerprint density at radius 3 is 2.41 bits per heavy atom. The van der Waals surface area contributed by atoms with E-state index in [0.29, 0.717) is 24.4 Å². The highest BCUT2D eigenvalue weighted by molar-refractivity contribution is 7.92. The molecule has 2 aromatic carbocycles. The molecule has 0 spiro atoms. The summed E-state index contributed by atoms with van der Waals surface area (Å²) < 4.78 is 30.2. The van der Waals surface area contributed by atoms with E-state index in [9.17, 15) is 13.2 Å². The monoisotopic (exact) mass is 438 g/mol. The number of hydrogen-bond donors (Lipinski definition) is 1. The summed E-state index contributed by atoms with van der Waals surface area (Å²) in [6, 6.07) is 14.3. The molecule has 2 aromatic rings. The molecule has 0 unspecified atom stereocenters. The van der Waals surface area contributed by atoms with Gasteiger partial charge in [-0.3, -0.25) is 9.10 Å². The minimum atomic E-state index is -3.33. The van der Waals surface area contributed by atoms with Crippen molar-refractivity contribution in [3.05, 3.63) is 59.1 Å². The highest BCUT2D eigenvalue weighted by Crippen LogP contribution is 2.21. The van der Waals surface area contributed by atoms with Crippen molar-refractivity contribution in [2.24, 2.45) is 0 Å². The summed E-state index contributed by atoms with van der Waals surface area (Å²) in [6.45, 7) is 2.40. The number of halogens is 1. The maximum atomic E-state index is 12.4. The van der Waals surface area contributed by atoms with Crippen molar-refractivity contribution < 1.29 is 17.9 Å². The van der Waals surface area contributed by atoms with Crippen LogP contribution in [0.2, 0.25) is 5.02 Å². The highest BCUT2D eigenvalue weighted by atomic mass is 35.5. The van der Waals surface area contributed by atoms with E-state index in [4.69, 9.17) is 16.3 Å². The lowest BCUT2D eigenvalue weighted by Crippen LogP contribution is -2.38. The zero-order valence-corrected chi connectivity index (χ0v) is 18.5. The average Bonchev–Trinajstić information content (AvgIpc) is 2.69. The molecule has 6 nitrogen and oxygen atoms in total. The Balaban J connectivity index is 1.85. The molecule has 1 amide bonds. The van der Waals surface area contributed by atoms with Crippen LogP contribution in [-0.2, 0) is 21.2 Å². The molecule has 8 heteroatoms. The van der Waals surface area contributed by atoms with Gasteiger partial charge in [-0.2, -0.15) is 0 Å². The molecule has 0 aliphatic rings. The van der Waals surface area contributed by atoms with Crippen LogP contribution in [0, 0.1) is 0 Å². The molecule has 158 valence electrons. The second-order valence-electron chi connectivity index (χ2n) is 6.73. The molecule has 1 N–H and O–H groups in total. The standard InChI is InChI=1S/C21H27ClN2O4S/c1-4-20(21(25)23-15-7-9-16-8-5-6-10-19(16)22)28-18-13-11-17(12-14-18)24(2)29(3,26)27/h5-6,8,10-14,20H,4,7,9,15H2,1-3H3,(H,23,25)/t20-/m1/s1. The summed E-state index contributed by atoms with van der Waals surface area (Å²) >= 11 is 6.14. The Labute approximate surface area is 177 Å². The van der Waals surface area contributed by atoms with Crippen LogP contribution in [-0.4, -0.2) is 40.3 Å². The third-order valence-electron chi connectivity index (χ3n) is 4.52. The lowest BCUT2D eigenvalue weighted by atomic mass is 10.1. The average molecular weight is 439 g/mol. The molecule has 0 aromatic heterocycles. The van der Waals surface area contributed by atoms with Gasteiger partial charge in [0.2, 0.25) is 10.0 Å². The predicted molar refractivity (Wildman–Crippen MR) is 117 cm³/mol. The van der Waals surface area contributed by atoms with Crippen molar-refractivity contribution in [2.45, 2.75) is 32.3 Å². The Morgan fingerprint density at radius 1 is 1.17 bits per heavy atom. The number of carbonyl (C=O) groups excluding carboxylic acids is 1. The predicted octanol–water partition coefficient (Wildman–Crippen LogP) is 3.64. The van der Waals surface area contributed by atoms with Crippen molar-refractivity contribution in [1.82, 2.24) is 5.32 Å². The fourth-order valence-corrected chi connectivity index (χ4v) is 3.45. The van der Waals surface area contributed by atoms with Crippen LogP contribution in [0.25, 0.3) is 0 Å². The van der Waals surface area contributed by atoms with Gasteiger partial charge in [0.25, 0.3) is 5.91 Å². The van der Waals surface area contributed by atoms with Crippen LogP contribution in [0.15, 0.2) is 48.5 Å². The summed E-state index contributed by atoms with van der Waals surface area (Å²) in [5, 5.41) is 3.63. The largest absolute Gasteiger partial charge is 0.481 e. The fourth-order valence-electron chi connectivity index (χ4n) is 2.72. The number of nitrogens with zero attached hydrogens (tertiary/aromatic N) is 1. The van der Waals surface area contributed by atoms with Gasteiger partial charge in [-0.25, -0.2) is 8.42 Å². The Morgan fingerprint density at radius 2 is 1.83 bits per heavy atom. The Bertz CT molecular complexity index is 917. The molecular weight excluding hydrogens is 412 g/mol. The van der Waals surface area contributed by atoms with Crippen LogP contribution >= 0.6 is 11.6 Å². The topological polar surface area (TPSA) is 75.7 Å². The molecule has 2 rings (SSSR count). The number of amides is 1. The highest BCUT2D eigenvalue weighted by Gasteiger charge is 2.18. The van der Waals surface area contributed by atoms with Gasteiger partial charge >= 0.3 is 0 Å². The van der Waals surface area contributed by atoms with E-state index in [2.05, 4.69) is 5.32 Å². The van der Waals surface area contributed by atoms with Gasteiger partial charge in [0.15, 0.2) is 6.10 Å². The molecule has 0 heterocycles. The van der Waals surface area contributed by atoms with Crippen LogP contribution < -0.4 is 14.4 Å². The number of benzene rings is 2. The molecule has 0 fully saturated rings. The SMILES string of the molecule is CC[C@@H](Oc1ccc(N(C)S(C)(=O)=O)cc1)C(=O)NCCCc1ccccc1Cl. The van der Waals surface area contributed by atoms with E-state index in [0.717, 1.165) is 29.7 Å². The molecule has 0 bridgehead atoms. The van der Waals surface area contributed by atoms with E-state index in [1.165, 1.54) is 11.4 Å². The summed E-state index contributed by atoms with van der Waals surface area (Å²) in [7, 11) is -1.84. The summed E-state index contributed by atoms with van der Waals surface area (Å²) in [4.78, 5) is 12.4. The van der Waals surface area contributed by atoms with Crippen molar-refractivity contribution in [1.29, 1.82) is 0 Å². The lowest BCUT2D eigenvalue weighted by Gasteiger charge is -2.19. The molecule has 1 atom stereocenters. The minimum Gasteiger partial charge on any atom is -0.481 e. The van der Waals surface area contributed by atoms with Gasteiger partial charge in [-0.05, 0) is 55.2 Å². The smallest absolute Gasteiger partial charge is 0.261 e. The number of ether oxygens (including phenoxy) is 1. The van der Waals surface area contributed by atoms with Gasteiger partial charge in [0.05, 0.1) is 11.9 Å². The first-order valence-electron chi connectivity index (χ1n) is 9.44. The second-order valence-corrected chi connectivity index (χ2v) is 9.15. The molecule has 0 saturated heterocycles. The number of hydrogen-bond acceptors (Lipinski definition) is 4. The van der Waals surface area contributed by atoms with E-state index in [1.54, 1.807) is 24.3 Å². The van der Waals surface area contributed by atoms with Gasteiger partial charge in [-0.15, -0.1) is 0 Å². The fraction of sp³-hybridized carbons (Fsp3) is 0.381. The Hall–Kier alpha value is -2.25. The van der Waals surface area contributed by atoms with Crippen LogP contribution in [0.4, 0.5) is 5.69 Å². The van der Waals surface area contributed by atoms with Crippen molar-refractivity contribution in [3.8, 4) is 5.75 Å². The lowest BCUT2D eigenvalue weighted by molar-refractivity contribution is -0.128. The number of nitrogens with one attached hydrogen (secondary N) is 1. The van der Waals surface area contributed by atoms with Gasteiger partial charge in [-0.1, -0.05) is 36.7 Å². The molecule has 0 saturated carbocycles. The molecule has 0 radical (unpaired) electrons. The van der Waals surface area contributed by atoms with Gasteiger partial charge in [0.1, 0.15) is 5.75 Å². The summed E-state index contributed by atoms with van der Waals surface area (Å²) in [6.07, 6.45) is 2.60. The third-order valence-corrected chi connectivity index (χ3v) is 6.09. The number of sulfonamides is 1. The molecule has 0 aliphatic heterocycles. The quantitative estimate of drug-likeness (QED) is 0.574. The number of anilines is 1. The van der Waals surface area contributed by atoms with E-state index < -0.39 is 16.1 Å². The number of rotatable bonds is 10. The molecule has 0 aliphatic carbocycles. The number of aryl methyl sites for hydroxylation is 1. The van der Waals surface area contributed by atoms with Crippen LogP contribution in [0.3, 0.4) is 0 Å². The third kappa shape index (κ3) is 6.94. The number of carbonyl (C=O) groups is 1. The van der Waals surface area contributed by atoms with Crippen molar-refractivity contribution in [2.75, 3.05) is 24.2 Å². The Kier molecular flexibility index (Phi) is 8.34.